The van der Waals surface area contributed by atoms with Gasteiger partial charge >= 0.3 is 0 Å². The van der Waals surface area contributed by atoms with Crippen LogP contribution in [-0.4, -0.2) is 30.6 Å². The van der Waals surface area contributed by atoms with E-state index in [4.69, 9.17) is 0 Å². The van der Waals surface area contributed by atoms with E-state index in [0.717, 1.165) is 22.6 Å². The molecule has 92 valence electrons. The largest absolute Gasteiger partial charge is 0.380 e. The molecule has 1 unspecified atom stereocenters. The van der Waals surface area contributed by atoms with Crippen molar-refractivity contribution in [3.63, 3.8) is 0 Å². The van der Waals surface area contributed by atoms with Crippen molar-refractivity contribution in [3.8, 4) is 0 Å². The molecule has 3 aliphatic heterocycles. The monoisotopic (exact) mass is 298 g/mol. The Balaban J connectivity index is 1.76. The fraction of sp³-hybridized carbons (Fsp3) is 0.538. The van der Waals surface area contributed by atoms with E-state index >= 15 is 0 Å². The number of anilines is 1. The van der Waals surface area contributed by atoms with Gasteiger partial charge in [-0.15, -0.1) is 0 Å². The average Bonchev–Trinajstić information content (AvgIpc) is 2.35. The molecule has 0 amide bonds. The van der Waals surface area contributed by atoms with Crippen molar-refractivity contribution < 1.29 is 4.39 Å². The van der Waals surface area contributed by atoms with Gasteiger partial charge in [-0.05, 0) is 66.0 Å². The standard InChI is InChI=1S/C13H16BrFN2/c14-11-2-1-10(15)7-12(11)16-13-8-17-5-3-9(13)4-6-17/h1-2,7,9,13,16H,3-6,8H2. The maximum Gasteiger partial charge on any atom is 0.125 e. The molecule has 2 bridgehead atoms. The van der Waals surface area contributed by atoms with Gasteiger partial charge in [0, 0.05) is 17.1 Å². The van der Waals surface area contributed by atoms with Crippen LogP contribution in [0.2, 0.25) is 0 Å². The normalized spacial score (nSPS) is 31.5. The van der Waals surface area contributed by atoms with Gasteiger partial charge in [0.05, 0.1) is 5.69 Å². The molecule has 1 aromatic carbocycles. The van der Waals surface area contributed by atoms with Crippen LogP contribution in [-0.2, 0) is 0 Å². The molecule has 17 heavy (non-hydrogen) atoms. The minimum Gasteiger partial charge on any atom is -0.380 e. The number of piperidine rings is 3. The van der Waals surface area contributed by atoms with E-state index in [9.17, 15) is 4.39 Å². The number of hydrogen-bond donors (Lipinski definition) is 1. The zero-order valence-corrected chi connectivity index (χ0v) is 11.2. The van der Waals surface area contributed by atoms with Gasteiger partial charge in [-0.25, -0.2) is 4.39 Å². The highest BCUT2D eigenvalue weighted by atomic mass is 79.9. The lowest BCUT2D eigenvalue weighted by Crippen LogP contribution is -2.53. The van der Waals surface area contributed by atoms with Crippen LogP contribution in [0.1, 0.15) is 12.8 Å². The second-order valence-corrected chi connectivity index (χ2v) is 5.87. The first kappa shape index (κ1) is 11.5. The summed E-state index contributed by atoms with van der Waals surface area (Å²) in [6, 6.07) is 5.28. The molecule has 1 atom stereocenters. The number of hydrogen-bond acceptors (Lipinski definition) is 2. The van der Waals surface area contributed by atoms with E-state index in [1.165, 1.54) is 32.0 Å². The van der Waals surface area contributed by atoms with E-state index in [1.807, 2.05) is 0 Å². The fourth-order valence-electron chi connectivity index (χ4n) is 2.94. The third-order valence-electron chi connectivity index (χ3n) is 3.93. The molecule has 4 heteroatoms. The molecule has 3 fully saturated rings. The lowest BCUT2D eigenvalue weighted by molar-refractivity contribution is 0.0975. The van der Waals surface area contributed by atoms with Crippen molar-refractivity contribution in [1.82, 2.24) is 4.90 Å². The molecule has 3 heterocycles. The van der Waals surface area contributed by atoms with Crippen LogP contribution in [0.4, 0.5) is 10.1 Å². The van der Waals surface area contributed by atoms with Crippen LogP contribution in [0.15, 0.2) is 22.7 Å². The third kappa shape index (κ3) is 2.33. The lowest BCUT2D eigenvalue weighted by Gasteiger charge is -2.45. The van der Waals surface area contributed by atoms with Crippen molar-refractivity contribution in [1.29, 1.82) is 0 Å². The third-order valence-corrected chi connectivity index (χ3v) is 4.62. The number of benzene rings is 1. The van der Waals surface area contributed by atoms with E-state index in [2.05, 4.69) is 26.1 Å². The zero-order valence-electron chi connectivity index (χ0n) is 9.63. The molecule has 2 nitrogen and oxygen atoms in total. The molecule has 1 aromatic rings. The summed E-state index contributed by atoms with van der Waals surface area (Å²) in [7, 11) is 0. The average molecular weight is 299 g/mol. The van der Waals surface area contributed by atoms with Crippen LogP contribution in [0.3, 0.4) is 0 Å². The topological polar surface area (TPSA) is 15.3 Å². The van der Waals surface area contributed by atoms with Crippen LogP contribution in [0, 0.1) is 11.7 Å². The quantitative estimate of drug-likeness (QED) is 0.903. The summed E-state index contributed by atoms with van der Waals surface area (Å²) in [6.45, 7) is 3.55. The Morgan fingerprint density at radius 2 is 2.06 bits per heavy atom. The fourth-order valence-corrected chi connectivity index (χ4v) is 3.30. The van der Waals surface area contributed by atoms with Crippen molar-refractivity contribution in [2.45, 2.75) is 18.9 Å². The Morgan fingerprint density at radius 3 is 2.71 bits per heavy atom. The highest BCUT2D eigenvalue weighted by molar-refractivity contribution is 9.10. The van der Waals surface area contributed by atoms with Gasteiger partial charge in [-0.3, -0.25) is 0 Å². The van der Waals surface area contributed by atoms with Crippen molar-refractivity contribution in [3.05, 3.63) is 28.5 Å². The number of halogens is 2. The number of nitrogens with one attached hydrogen (secondary N) is 1. The Labute approximate surface area is 109 Å². The van der Waals surface area contributed by atoms with Crippen molar-refractivity contribution in [2.24, 2.45) is 5.92 Å². The second kappa shape index (κ2) is 4.58. The van der Waals surface area contributed by atoms with Crippen LogP contribution in [0.5, 0.6) is 0 Å². The van der Waals surface area contributed by atoms with Gasteiger partial charge in [0.15, 0.2) is 0 Å². The molecular weight excluding hydrogens is 283 g/mol. The first-order chi connectivity index (χ1) is 8.22. The second-order valence-electron chi connectivity index (χ2n) is 5.01. The number of rotatable bonds is 2. The summed E-state index contributed by atoms with van der Waals surface area (Å²) in [5.74, 6) is 0.562. The molecule has 0 spiro atoms. The van der Waals surface area contributed by atoms with Gasteiger partial charge in [-0.2, -0.15) is 0 Å². The number of fused-ring (bicyclic) bond motifs is 3. The maximum atomic E-state index is 13.2. The molecule has 3 aliphatic rings. The molecule has 0 aliphatic carbocycles. The van der Waals surface area contributed by atoms with Gasteiger partial charge < -0.3 is 10.2 Å². The zero-order chi connectivity index (χ0) is 11.8. The minimum atomic E-state index is -0.183. The summed E-state index contributed by atoms with van der Waals surface area (Å²) < 4.78 is 14.2. The van der Waals surface area contributed by atoms with E-state index in [1.54, 1.807) is 12.1 Å². The van der Waals surface area contributed by atoms with E-state index < -0.39 is 0 Å². The smallest absolute Gasteiger partial charge is 0.125 e. The van der Waals surface area contributed by atoms with Crippen LogP contribution in [0.25, 0.3) is 0 Å². The van der Waals surface area contributed by atoms with Crippen molar-refractivity contribution in [2.75, 3.05) is 25.0 Å². The summed E-state index contributed by atoms with van der Waals surface area (Å²) in [5.41, 5.74) is 0.878. The highest BCUT2D eigenvalue weighted by Gasteiger charge is 2.34. The molecule has 0 aromatic heterocycles. The van der Waals surface area contributed by atoms with Gasteiger partial charge in [0.2, 0.25) is 0 Å². The Kier molecular flexibility index (Phi) is 3.09. The highest BCUT2D eigenvalue weighted by Crippen LogP contribution is 2.32. The lowest BCUT2D eigenvalue weighted by atomic mass is 9.84. The molecule has 3 saturated heterocycles. The predicted molar refractivity (Wildman–Crippen MR) is 70.7 cm³/mol. The number of nitrogens with zero attached hydrogens (tertiary/aromatic N) is 1. The van der Waals surface area contributed by atoms with Gasteiger partial charge in [0.25, 0.3) is 0 Å². The predicted octanol–water partition coefficient (Wildman–Crippen LogP) is 3.09. The van der Waals surface area contributed by atoms with Gasteiger partial charge in [-0.1, -0.05) is 0 Å². The van der Waals surface area contributed by atoms with Crippen LogP contribution < -0.4 is 5.32 Å². The summed E-state index contributed by atoms with van der Waals surface area (Å²) in [5, 5.41) is 3.49. The summed E-state index contributed by atoms with van der Waals surface area (Å²) in [4.78, 5) is 2.49. The van der Waals surface area contributed by atoms with E-state index in [-0.39, 0.29) is 5.82 Å². The molecular formula is C13H16BrFN2. The van der Waals surface area contributed by atoms with Crippen LogP contribution >= 0.6 is 15.9 Å². The molecule has 4 rings (SSSR count). The first-order valence-corrected chi connectivity index (χ1v) is 6.95. The Morgan fingerprint density at radius 1 is 1.29 bits per heavy atom. The summed E-state index contributed by atoms with van der Waals surface area (Å²) in [6.07, 6.45) is 2.54. The SMILES string of the molecule is Fc1ccc(Br)c(NC2CN3CCC2CC3)c1. The molecule has 0 radical (unpaired) electrons. The first-order valence-electron chi connectivity index (χ1n) is 6.16. The Hall–Kier alpha value is -0.610. The maximum absolute atomic E-state index is 13.2. The minimum absolute atomic E-state index is 0.183. The van der Waals surface area contributed by atoms with Crippen molar-refractivity contribution >= 4 is 21.6 Å². The Bertz CT molecular complexity index is 416. The van der Waals surface area contributed by atoms with Gasteiger partial charge in [0.1, 0.15) is 5.82 Å². The summed E-state index contributed by atoms with van der Waals surface area (Å²) >= 11 is 3.47. The van der Waals surface area contributed by atoms with E-state index in [0.29, 0.717) is 6.04 Å². The molecule has 1 N–H and O–H groups in total. The molecule has 0 saturated carbocycles.